The van der Waals surface area contributed by atoms with Gasteiger partial charge in [-0.2, -0.15) is 0 Å². The Kier molecular flexibility index (Phi) is 2.53. The third kappa shape index (κ3) is 1.56. The summed E-state index contributed by atoms with van der Waals surface area (Å²) < 4.78 is 6.09. The molecule has 0 unspecified atom stereocenters. The number of nitrogens with zero attached hydrogens (tertiary/aromatic N) is 1. The van der Waals surface area contributed by atoms with Crippen molar-refractivity contribution >= 4 is 10.9 Å². The van der Waals surface area contributed by atoms with Crippen molar-refractivity contribution in [3.63, 3.8) is 0 Å². The van der Waals surface area contributed by atoms with Gasteiger partial charge in [0.2, 0.25) is 0 Å². The SMILES string of the molecule is CC[C@@H]1CC[C@@H]2OC[C@@H]3Cc4c([nH]c5ccccc45)[C@H]1N32. The van der Waals surface area contributed by atoms with Gasteiger partial charge in [-0.25, -0.2) is 0 Å². The fourth-order valence-electron chi connectivity index (χ4n) is 4.93. The number of benzene rings is 1. The number of rotatable bonds is 1. The standard InChI is InChI=1S/C18H22N2O/c1-2-11-7-8-16-20-12(10-21-16)9-14-13-5-3-4-6-15(13)19-17(14)18(11)20/h3-6,11-12,16,18-19H,2,7-10H2,1H3/t11-,12+,16+,18+/m1/s1. The molecule has 0 radical (unpaired) electrons. The molecule has 0 spiro atoms. The minimum Gasteiger partial charge on any atom is -0.361 e. The Bertz CT molecular complexity index is 692. The molecule has 1 aromatic carbocycles. The number of hydrogen-bond donors (Lipinski definition) is 1. The summed E-state index contributed by atoms with van der Waals surface area (Å²) in [6, 6.07) is 9.91. The monoisotopic (exact) mass is 282 g/mol. The van der Waals surface area contributed by atoms with E-state index in [-0.39, 0.29) is 0 Å². The van der Waals surface area contributed by atoms with E-state index in [9.17, 15) is 0 Å². The average molecular weight is 282 g/mol. The van der Waals surface area contributed by atoms with E-state index in [1.165, 1.54) is 35.9 Å². The van der Waals surface area contributed by atoms with E-state index in [1.54, 1.807) is 5.56 Å². The van der Waals surface area contributed by atoms with Crippen molar-refractivity contribution in [3.05, 3.63) is 35.5 Å². The van der Waals surface area contributed by atoms with Crippen molar-refractivity contribution in [2.75, 3.05) is 6.61 Å². The van der Waals surface area contributed by atoms with Crippen LogP contribution in [0.1, 0.15) is 43.5 Å². The van der Waals surface area contributed by atoms with E-state index in [1.807, 2.05) is 0 Å². The van der Waals surface area contributed by atoms with Crippen LogP contribution in [-0.2, 0) is 11.2 Å². The van der Waals surface area contributed by atoms with Gasteiger partial charge in [-0.1, -0.05) is 31.5 Å². The van der Waals surface area contributed by atoms with Crippen LogP contribution in [0.5, 0.6) is 0 Å². The Labute approximate surface area is 125 Å². The molecule has 2 aromatic rings. The lowest BCUT2D eigenvalue weighted by Crippen LogP contribution is -2.50. The highest BCUT2D eigenvalue weighted by atomic mass is 16.5. The molecular weight excluding hydrogens is 260 g/mol. The van der Waals surface area contributed by atoms with E-state index in [2.05, 4.69) is 41.1 Å². The first-order valence-electron chi connectivity index (χ1n) is 8.35. The summed E-state index contributed by atoms with van der Waals surface area (Å²) in [5, 5.41) is 1.43. The number of aromatic nitrogens is 1. The molecule has 0 aliphatic carbocycles. The van der Waals surface area contributed by atoms with Crippen molar-refractivity contribution in [1.29, 1.82) is 0 Å². The number of fused-ring (bicyclic) bond motifs is 4. The normalized spacial score (nSPS) is 34.9. The predicted molar refractivity (Wildman–Crippen MR) is 83.1 cm³/mol. The van der Waals surface area contributed by atoms with Gasteiger partial charge in [-0.3, -0.25) is 4.90 Å². The summed E-state index contributed by atoms with van der Waals surface area (Å²) in [7, 11) is 0. The highest BCUT2D eigenvalue weighted by Gasteiger charge is 2.49. The topological polar surface area (TPSA) is 28.3 Å². The number of H-pyrrole nitrogens is 1. The molecule has 2 saturated heterocycles. The fourth-order valence-corrected chi connectivity index (χ4v) is 4.93. The Hall–Kier alpha value is -1.32. The van der Waals surface area contributed by atoms with E-state index in [0.717, 1.165) is 18.9 Å². The molecule has 3 heteroatoms. The molecule has 4 atom stereocenters. The first-order chi connectivity index (χ1) is 10.4. The summed E-state index contributed by atoms with van der Waals surface area (Å²) in [5.41, 5.74) is 4.34. The van der Waals surface area contributed by atoms with Crippen molar-refractivity contribution < 1.29 is 4.74 Å². The maximum atomic E-state index is 6.09. The first kappa shape index (κ1) is 12.2. The molecule has 4 heterocycles. The van der Waals surface area contributed by atoms with Crippen LogP contribution in [0.2, 0.25) is 0 Å². The molecule has 1 aromatic heterocycles. The lowest BCUT2D eigenvalue weighted by atomic mass is 9.79. The number of aromatic amines is 1. The lowest BCUT2D eigenvalue weighted by Gasteiger charge is -2.47. The minimum absolute atomic E-state index is 0.363. The molecule has 5 rings (SSSR count). The zero-order chi connectivity index (χ0) is 14.0. The number of para-hydroxylation sites is 1. The van der Waals surface area contributed by atoms with Crippen LogP contribution in [0.3, 0.4) is 0 Å². The average Bonchev–Trinajstić information content (AvgIpc) is 3.10. The van der Waals surface area contributed by atoms with Crippen LogP contribution >= 0.6 is 0 Å². The van der Waals surface area contributed by atoms with Gasteiger partial charge >= 0.3 is 0 Å². The Morgan fingerprint density at radius 2 is 2.19 bits per heavy atom. The smallest absolute Gasteiger partial charge is 0.111 e. The zero-order valence-corrected chi connectivity index (χ0v) is 12.5. The Morgan fingerprint density at radius 1 is 1.29 bits per heavy atom. The molecule has 110 valence electrons. The Balaban J connectivity index is 1.72. The zero-order valence-electron chi connectivity index (χ0n) is 12.5. The highest BCUT2D eigenvalue weighted by Crippen LogP contribution is 2.49. The van der Waals surface area contributed by atoms with Gasteiger partial charge in [0.1, 0.15) is 6.23 Å². The molecular formula is C18H22N2O. The molecule has 2 fully saturated rings. The molecule has 3 aliphatic heterocycles. The molecule has 1 N–H and O–H groups in total. The second kappa shape index (κ2) is 4.34. The quantitative estimate of drug-likeness (QED) is 0.865. The maximum Gasteiger partial charge on any atom is 0.111 e. The van der Waals surface area contributed by atoms with Gasteiger partial charge in [-0.05, 0) is 36.8 Å². The number of piperidine rings is 1. The van der Waals surface area contributed by atoms with Crippen LogP contribution in [0, 0.1) is 5.92 Å². The molecule has 0 amide bonds. The second-order valence-corrected chi connectivity index (χ2v) is 6.85. The van der Waals surface area contributed by atoms with Crippen LogP contribution in [0.15, 0.2) is 24.3 Å². The first-order valence-corrected chi connectivity index (χ1v) is 8.35. The summed E-state index contributed by atoms with van der Waals surface area (Å²) >= 11 is 0. The van der Waals surface area contributed by atoms with E-state index in [4.69, 9.17) is 4.74 Å². The summed E-state index contributed by atoms with van der Waals surface area (Å²) in [6.07, 6.45) is 5.27. The predicted octanol–water partition coefficient (Wildman–Crippen LogP) is 3.61. The third-order valence-electron chi connectivity index (χ3n) is 5.89. The summed E-state index contributed by atoms with van der Waals surface area (Å²) in [4.78, 5) is 6.44. The van der Waals surface area contributed by atoms with E-state index >= 15 is 0 Å². The summed E-state index contributed by atoms with van der Waals surface area (Å²) in [6.45, 7) is 3.25. The van der Waals surface area contributed by atoms with Crippen LogP contribution in [-0.4, -0.2) is 28.8 Å². The van der Waals surface area contributed by atoms with Gasteiger partial charge in [0.25, 0.3) is 0 Å². The van der Waals surface area contributed by atoms with Crippen molar-refractivity contribution in [2.45, 2.75) is 50.9 Å². The number of ether oxygens (including phenoxy) is 1. The lowest BCUT2D eigenvalue weighted by molar-refractivity contribution is -0.0563. The maximum absolute atomic E-state index is 6.09. The molecule has 0 bridgehead atoms. The largest absolute Gasteiger partial charge is 0.361 e. The molecule has 0 saturated carbocycles. The third-order valence-corrected chi connectivity index (χ3v) is 5.89. The second-order valence-electron chi connectivity index (χ2n) is 6.85. The number of nitrogens with one attached hydrogen (secondary N) is 1. The van der Waals surface area contributed by atoms with Gasteiger partial charge in [0, 0.05) is 22.6 Å². The van der Waals surface area contributed by atoms with Crippen LogP contribution in [0.25, 0.3) is 10.9 Å². The minimum atomic E-state index is 0.363. The van der Waals surface area contributed by atoms with E-state index in [0.29, 0.717) is 18.3 Å². The van der Waals surface area contributed by atoms with E-state index < -0.39 is 0 Å². The van der Waals surface area contributed by atoms with Gasteiger partial charge in [0.05, 0.1) is 12.6 Å². The number of hydrogen-bond acceptors (Lipinski definition) is 2. The molecule has 3 aliphatic rings. The molecule has 3 nitrogen and oxygen atoms in total. The van der Waals surface area contributed by atoms with Crippen molar-refractivity contribution in [2.24, 2.45) is 5.92 Å². The van der Waals surface area contributed by atoms with Crippen LogP contribution in [0.4, 0.5) is 0 Å². The van der Waals surface area contributed by atoms with Crippen LogP contribution < -0.4 is 0 Å². The van der Waals surface area contributed by atoms with Gasteiger partial charge in [-0.15, -0.1) is 0 Å². The highest BCUT2D eigenvalue weighted by molar-refractivity contribution is 5.85. The van der Waals surface area contributed by atoms with Gasteiger partial charge in [0.15, 0.2) is 0 Å². The molecule has 21 heavy (non-hydrogen) atoms. The fraction of sp³-hybridized carbons (Fsp3) is 0.556. The van der Waals surface area contributed by atoms with Crippen molar-refractivity contribution in [3.8, 4) is 0 Å². The van der Waals surface area contributed by atoms with Gasteiger partial charge < -0.3 is 9.72 Å². The summed E-state index contributed by atoms with van der Waals surface area (Å²) in [5.74, 6) is 0.762. The van der Waals surface area contributed by atoms with Crippen molar-refractivity contribution in [1.82, 2.24) is 9.88 Å². The Morgan fingerprint density at radius 3 is 3.10 bits per heavy atom.